The Balaban J connectivity index is 0.000000678. The number of piperidine rings is 1. The number of ether oxygens (including phenoxy) is 1. The quantitative estimate of drug-likeness (QED) is 0.412. The van der Waals surface area contributed by atoms with Crippen LogP contribution in [0.4, 0.5) is 26.3 Å². The molecule has 1 saturated heterocycles. The normalized spacial score (nSPS) is 18.8. The second kappa shape index (κ2) is 12.2. The van der Waals surface area contributed by atoms with Crippen LogP contribution in [0.25, 0.3) is 0 Å². The fourth-order valence-electron chi connectivity index (χ4n) is 3.81. The second-order valence-electron chi connectivity index (χ2n) is 8.07. The molecule has 1 fully saturated rings. The van der Waals surface area contributed by atoms with Crippen LogP contribution in [0.3, 0.4) is 0 Å². The van der Waals surface area contributed by atoms with E-state index >= 15 is 0 Å². The average Bonchev–Trinajstić information content (AvgIpc) is 2.82. The lowest BCUT2D eigenvalue weighted by Gasteiger charge is -2.38. The number of hydrogen-bond acceptors (Lipinski definition) is 4. The zero-order valence-electron chi connectivity index (χ0n) is 19.1. The van der Waals surface area contributed by atoms with Gasteiger partial charge in [-0.25, -0.2) is 9.59 Å². The number of halogens is 6. The van der Waals surface area contributed by atoms with E-state index in [1.165, 1.54) is 0 Å². The summed E-state index contributed by atoms with van der Waals surface area (Å²) in [5.41, 5.74) is -1.74. The summed E-state index contributed by atoms with van der Waals surface area (Å²) in [5.74, 6) is -3.65. The van der Waals surface area contributed by atoms with Gasteiger partial charge in [0, 0.05) is 19.0 Å². The molecule has 2 atom stereocenters. The Labute approximate surface area is 203 Å². The predicted octanol–water partition coefficient (Wildman–Crippen LogP) is 5.27. The summed E-state index contributed by atoms with van der Waals surface area (Å²) >= 11 is 0. The summed E-state index contributed by atoms with van der Waals surface area (Å²) in [7, 11) is 0. The van der Waals surface area contributed by atoms with Crippen molar-refractivity contribution >= 4 is 11.9 Å². The minimum absolute atomic E-state index is 0.00668. The average molecular weight is 521 g/mol. The molecule has 2 N–H and O–H groups in total. The van der Waals surface area contributed by atoms with Crippen molar-refractivity contribution in [3.05, 3.63) is 70.8 Å². The molecule has 0 aliphatic carbocycles. The number of aliphatic carboxylic acids is 2. The minimum atomic E-state index is -4.87. The highest BCUT2D eigenvalue weighted by Gasteiger charge is 2.37. The zero-order chi connectivity index (χ0) is 27.1. The van der Waals surface area contributed by atoms with Gasteiger partial charge in [-0.05, 0) is 42.3 Å². The summed E-state index contributed by atoms with van der Waals surface area (Å²) in [5, 5.41) is 14.8. The van der Waals surface area contributed by atoms with Crippen LogP contribution in [-0.2, 0) is 33.3 Å². The Morgan fingerprint density at radius 3 is 1.92 bits per heavy atom. The summed E-state index contributed by atoms with van der Waals surface area (Å²) in [4.78, 5) is 20.5. The van der Waals surface area contributed by atoms with Crippen molar-refractivity contribution in [1.82, 2.24) is 4.90 Å². The van der Waals surface area contributed by atoms with Crippen LogP contribution in [0.1, 0.15) is 41.5 Å². The molecule has 2 aromatic carbocycles. The number of benzene rings is 2. The number of carboxylic acid groups (broad SMARTS) is 2. The summed E-state index contributed by atoms with van der Waals surface area (Å²) < 4.78 is 84.4. The molecule has 0 saturated carbocycles. The lowest BCUT2D eigenvalue weighted by molar-refractivity contribution is -0.159. The van der Waals surface area contributed by atoms with E-state index in [0.29, 0.717) is 6.42 Å². The molecule has 0 amide bonds. The van der Waals surface area contributed by atoms with Crippen LogP contribution >= 0.6 is 0 Å². The molecular formula is C24H25F6NO5. The highest BCUT2D eigenvalue weighted by atomic mass is 19.4. The Morgan fingerprint density at radius 1 is 0.944 bits per heavy atom. The van der Waals surface area contributed by atoms with E-state index in [9.17, 15) is 26.3 Å². The molecule has 12 heteroatoms. The SMILES string of the molecule is CCN1CC[C@@H](OCc2cc(C(F)(F)F)cc(C(F)(F)F)c2)[C@@H](c2ccccc2)C1.O=C(O)C(=O)O. The van der Waals surface area contributed by atoms with E-state index in [0.717, 1.165) is 37.3 Å². The van der Waals surface area contributed by atoms with Crippen molar-refractivity contribution in [3.63, 3.8) is 0 Å². The smallest absolute Gasteiger partial charge is 0.416 e. The highest BCUT2D eigenvalue weighted by Crippen LogP contribution is 2.37. The second-order valence-corrected chi connectivity index (χ2v) is 8.07. The van der Waals surface area contributed by atoms with Crippen LogP contribution < -0.4 is 0 Å². The van der Waals surface area contributed by atoms with Gasteiger partial charge in [0.15, 0.2) is 0 Å². The third-order valence-electron chi connectivity index (χ3n) is 5.60. The molecule has 1 heterocycles. The Bertz CT molecular complexity index is 982. The van der Waals surface area contributed by atoms with Crippen LogP contribution in [0.15, 0.2) is 48.5 Å². The van der Waals surface area contributed by atoms with E-state index in [2.05, 4.69) is 4.90 Å². The van der Waals surface area contributed by atoms with E-state index in [4.69, 9.17) is 24.5 Å². The molecule has 0 spiro atoms. The number of alkyl halides is 6. The third kappa shape index (κ3) is 8.52. The summed E-state index contributed by atoms with van der Waals surface area (Å²) in [6, 6.07) is 11.2. The first-order chi connectivity index (χ1) is 16.7. The maximum atomic E-state index is 13.1. The van der Waals surface area contributed by atoms with Gasteiger partial charge in [0.1, 0.15) is 0 Å². The van der Waals surface area contributed by atoms with Crippen molar-refractivity contribution in [3.8, 4) is 0 Å². The summed E-state index contributed by atoms with van der Waals surface area (Å²) in [6.07, 6.45) is -9.37. The van der Waals surface area contributed by atoms with E-state index in [-0.39, 0.29) is 30.3 Å². The molecule has 1 aliphatic rings. The number of rotatable bonds is 5. The van der Waals surface area contributed by atoms with Crippen LogP contribution in [0.2, 0.25) is 0 Å². The number of likely N-dealkylation sites (N-methyl/N-ethyl adjacent to an activating group) is 1. The predicted molar refractivity (Wildman–Crippen MR) is 116 cm³/mol. The van der Waals surface area contributed by atoms with Gasteiger partial charge in [0.25, 0.3) is 0 Å². The molecular weight excluding hydrogens is 496 g/mol. The van der Waals surface area contributed by atoms with Crippen molar-refractivity contribution in [2.75, 3.05) is 19.6 Å². The standard InChI is InChI=1S/C22H23F6NO.C2H2O4/c1-2-29-9-8-20(19(13-29)16-6-4-3-5-7-16)30-14-15-10-17(21(23,24)25)12-18(11-15)22(26,27)28;3-1(4)2(5)6/h3-7,10-12,19-20H,2,8-9,13-14H2,1H3;(H,3,4)(H,5,6)/t19-,20-;/m1./s1. The molecule has 0 unspecified atom stereocenters. The molecule has 2 aromatic rings. The summed E-state index contributed by atoms with van der Waals surface area (Å²) in [6.45, 7) is 4.08. The minimum Gasteiger partial charge on any atom is -0.473 e. The van der Waals surface area contributed by atoms with Gasteiger partial charge in [0.2, 0.25) is 0 Å². The molecule has 1 aliphatic heterocycles. The first-order valence-corrected chi connectivity index (χ1v) is 10.9. The van der Waals surface area contributed by atoms with Crippen LogP contribution in [-0.4, -0.2) is 52.8 Å². The number of carbonyl (C=O) groups is 2. The number of likely N-dealkylation sites (tertiary alicyclic amines) is 1. The third-order valence-corrected chi connectivity index (χ3v) is 5.60. The lowest BCUT2D eigenvalue weighted by Crippen LogP contribution is -2.42. The molecule has 6 nitrogen and oxygen atoms in total. The molecule has 36 heavy (non-hydrogen) atoms. The van der Waals surface area contributed by atoms with Gasteiger partial charge < -0.3 is 19.8 Å². The van der Waals surface area contributed by atoms with E-state index in [1.807, 2.05) is 37.3 Å². The van der Waals surface area contributed by atoms with Crippen molar-refractivity contribution in [1.29, 1.82) is 0 Å². The van der Waals surface area contributed by atoms with E-state index in [1.54, 1.807) is 0 Å². The molecule has 0 radical (unpaired) electrons. The van der Waals surface area contributed by atoms with Gasteiger partial charge in [-0.2, -0.15) is 26.3 Å². The van der Waals surface area contributed by atoms with Crippen LogP contribution in [0, 0.1) is 0 Å². The molecule has 0 bridgehead atoms. The van der Waals surface area contributed by atoms with Gasteiger partial charge in [-0.3, -0.25) is 0 Å². The van der Waals surface area contributed by atoms with Gasteiger partial charge in [-0.1, -0.05) is 37.3 Å². The van der Waals surface area contributed by atoms with Gasteiger partial charge in [0.05, 0.1) is 23.8 Å². The lowest BCUT2D eigenvalue weighted by atomic mass is 9.88. The first kappa shape index (κ1) is 29.1. The van der Waals surface area contributed by atoms with Crippen molar-refractivity contribution in [2.24, 2.45) is 0 Å². The largest absolute Gasteiger partial charge is 0.473 e. The zero-order valence-corrected chi connectivity index (χ0v) is 19.1. The molecule has 198 valence electrons. The fourth-order valence-corrected chi connectivity index (χ4v) is 3.81. The molecule has 3 rings (SSSR count). The maximum Gasteiger partial charge on any atom is 0.416 e. The topological polar surface area (TPSA) is 87.1 Å². The number of hydrogen-bond donors (Lipinski definition) is 2. The maximum absolute atomic E-state index is 13.1. The van der Waals surface area contributed by atoms with Gasteiger partial charge in [-0.15, -0.1) is 0 Å². The Hall–Kier alpha value is -3.12. The van der Waals surface area contributed by atoms with Gasteiger partial charge >= 0.3 is 24.3 Å². The monoisotopic (exact) mass is 521 g/mol. The molecule has 0 aromatic heterocycles. The number of carboxylic acids is 2. The van der Waals surface area contributed by atoms with Crippen molar-refractivity contribution in [2.45, 2.75) is 44.3 Å². The van der Waals surface area contributed by atoms with E-state index < -0.39 is 35.4 Å². The van der Waals surface area contributed by atoms with Crippen LogP contribution in [0.5, 0.6) is 0 Å². The first-order valence-electron chi connectivity index (χ1n) is 10.9. The Kier molecular flexibility index (Phi) is 9.88. The Morgan fingerprint density at radius 2 is 1.47 bits per heavy atom. The highest BCUT2D eigenvalue weighted by molar-refractivity contribution is 6.27. The van der Waals surface area contributed by atoms with Crippen molar-refractivity contribution < 1.29 is 50.9 Å². The number of nitrogens with zero attached hydrogens (tertiary/aromatic N) is 1. The fraction of sp³-hybridized carbons (Fsp3) is 0.417.